The number of benzene rings is 1. The Morgan fingerprint density at radius 3 is 2.93 bits per heavy atom. The predicted octanol–water partition coefficient (Wildman–Crippen LogP) is 2.45. The molecule has 2 saturated heterocycles. The molecular formula is C21H23N3O3. The molecule has 0 saturated carbocycles. The van der Waals surface area contributed by atoms with E-state index in [2.05, 4.69) is 39.5 Å². The highest BCUT2D eigenvalue weighted by molar-refractivity contribution is 5.79. The van der Waals surface area contributed by atoms with E-state index in [0.717, 1.165) is 38.0 Å². The molecule has 3 aliphatic heterocycles. The third-order valence-electron chi connectivity index (χ3n) is 5.81. The van der Waals surface area contributed by atoms with Crippen LogP contribution in [-0.4, -0.2) is 41.0 Å². The van der Waals surface area contributed by atoms with Crippen LogP contribution >= 0.6 is 0 Å². The number of nitrogens with one attached hydrogen (secondary N) is 1. The Hall–Kier alpha value is -2.60. The number of carbonyl (C=O) groups is 1. The van der Waals surface area contributed by atoms with Gasteiger partial charge in [0.15, 0.2) is 11.9 Å². The molecule has 0 radical (unpaired) electrons. The van der Waals surface area contributed by atoms with Gasteiger partial charge >= 0.3 is 0 Å². The van der Waals surface area contributed by atoms with E-state index in [9.17, 15) is 4.79 Å². The average molecular weight is 365 g/mol. The second-order valence-corrected chi connectivity index (χ2v) is 7.75. The van der Waals surface area contributed by atoms with Crippen molar-refractivity contribution in [1.29, 1.82) is 0 Å². The number of fused-ring (bicyclic) bond motifs is 1. The molecule has 1 unspecified atom stereocenters. The van der Waals surface area contributed by atoms with Gasteiger partial charge in [-0.25, -0.2) is 4.98 Å². The largest absolute Gasteiger partial charge is 0.484 e. The SMILES string of the molecule is O=C1CCC2(CCN(Cc3ccc([C@H]4COc5cccnc5O4)cc3)C2)N1. The average Bonchev–Trinajstić information content (AvgIpc) is 3.27. The number of hydrogen-bond donors (Lipinski definition) is 1. The van der Waals surface area contributed by atoms with Crippen molar-refractivity contribution in [2.75, 3.05) is 19.7 Å². The van der Waals surface area contributed by atoms with Crippen LogP contribution in [0.25, 0.3) is 0 Å². The number of ether oxygens (including phenoxy) is 2. The number of aromatic nitrogens is 1. The maximum atomic E-state index is 11.6. The fraction of sp³-hybridized carbons (Fsp3) is 0.429. The van der Waals surface area contributed by atoms with Gasteiger partial charge in [0.1, 0.15) is 6.61 Å². The summed E-state index contributed by atoms with van der Waals surface area (Å²) < 4.78 is 11.7. The van der Waals surface area contributed by atoms with Gasteiger partial charge in [-0.3, -0.25) is 9.69 Å². The molecule has 1 spiro atoms. The van der Waals surface area contributed by atoms with Crippen molar-refractivity contribution < 1.29 is 14.3 Å². The molecular weight excluding hydrogens is 342 g/mol. The van der Waals surface area contributed by atoms with Crippen molar-refractivity contribution in [2.24, 2.45) is 0 Å². The second kappa shape index (κ2) is 6.53. The standard InChI is InChI=1S/C21H23N3O3/c25-19-7-8-21(23-19)9-11-24(14-21)12-15-3-5-16(6-4-15)18-13-26-17-2-1-10-22-20(17)27-18/h1-6,10,18H,7-9,11-14H2,(H,23,25)/t18-,21?/m1/s1. The fourth-order valence-corrected chi connectivity index (χ4v) is 4.34. The summed E-state index contributed by atoms with van der Waals surface area (Å²) in [6, 6.07) is 12.3. The van der Waals surface area contributed by atoms with Crippen LogP contribution < -0.4 is 14.8 Å². The molecule has 1 aromatic carbocycles. The minimum Gasteiger partial charge on any atom is -0.484 e. The van der Waals surface area contributed by atoms with Gasteiger partial charge in [0.05, 0.1) is 5.54 Å². The smallest absolute Gasteiger partial charge is 0.257 e. The van der Waals surface area contributed by atoms with Gasteiger partial charge in [-0.2, -0.15) is 0 Å². The highest BCUT2D eigenvalue weighted by Gasteiger charge is 2.42. The topological polar surface area (TPSA) is 63.7 Å². The molecule has 3 aliphatic rings. The molecule has 4 heterocycles. The normalized spacial score (nSPS) is 27.1. The molecule has 0 aliphatic carbocycles. The van der Waals surface area contributed by atoms with Gasteiger partial charge in [0.2, 0.25) is 5.91 Å². The minimum absolute atomic E-state index is 0.0185. The zero-order valence-corrected chi connectivity index (χ0v) is 15.2. The summed E-state index contributed by atoms with van der Waals surface area (Å²) in [6.45, 7) is 3.38. The molecule has 2 fully saturated rings. The molecule has 27 heavy (non-hydrogen) atoms. The van der Waals surface area contributed by atoms with E-state index in [1.54, 1.807) is 6.20 Å². The van der Waals surface area contributed by atoms with Gasteiger partial charge in [-0.15, -0.1) is 0 Å². The molecule has 2 atom stereocenters. The summed E-state index contributed by atoms with van der Waals surface area (Å²) in [5.41, 5.74) is 2.39. The van der Waals surface area contributed by atoms with Crippen LogP contribution in [0.5, 0.6) is 11.6 Å². The van der Waals surface area contributed by atoms with Gasteiger partial charge in [-0.1, -0.05) is 24.3 Å². The molecule has 5 rings (SSSR count). The lowest BCUT2D eigenvalue weighted by Crippen LogP contribution is -2.43. The Balaban J connectivity index is 1.22. The zero-order valence-electron chi connectivity index (χ0n) is 15.2. The van der Waals surface area contributed by atoms with E-state index in [0.29, 0.717) is 24.7 Å². The van der Waals surface area contributed by atoms with Crippen LogP contribution in [-0.2, 0) is 11.3 Å². The van der Waals surface area contributed by atoms with Crippen molar-refractivity contribution in [3.8, 4) is 11.6 Å². The summed E-state index contributed by atoms with van der Waals surface area (Å²) in [5.74, 6) is 1.46. The molecule has 1 amide bonds. The first-order valence-corrected chi connectivity index (χ1v) is 9.56. The lowest BCUT2D eigenvalue weighted by atomic mass is 9.97. The Morgan fingerprint density at radius 2 is 2.11 bits per heavy atom. The van der Waals surface area contributed by atoms with Crippen LogP contribution in [0.2, 0.25) is 0 Å². The summed E-state index contributed by atoms with van der Waals surface area (Å²) in [4.78, 5) is 18.2. The quantitative estimate of drug-likeness (QED) is 0.905. The lowest BCUT2D eigenvalue weighted by molar-refractivity contribution is -0.119. The Kier molecular flexibility index (Phi) is 4.01. The van der Waals surface area contributed by atoms with E-state index in [4.69, 9.17) is 9.47 Å². The first-order valence-electron chi connectivity index (χ1n) is 9.56. The number of rotatable bonds is 3. The van der Waals surface area contributed by atoms with Crippen LogP contribution in [0.15, 0.2) is 42.6 Å². The van der Waals surface area contributed by atoms with Gasteiger partial charge in [0.25, 0.3) is 5.88 Å². The molecule has 1 aromatic heterocycles. The highest BCUT2D eigenvalue weighted by atomic mass is 16.6. The van der Waals surface area contributed by atoms with Gasteiger partial charge < -0.3 is 14.8 Å². The van der Waals surface area contributed by atoms with E-state index in [-0.39, 0.29) is 17.6 Å². The molecule has 140 valence electrons. The Bertz CT molecular complexity index is 854. The monoisotopic (exact) mass is 365 g/mol. The first-order chi connectivity index (χ1) is 13.2. The summed E-state index contributed by atoms with van der Waals surface area (Å²) in [7, 11) is 0. The fourth-order valence-electron chi connectivity index (χ4n) is 4.34. The summed E-state index contributed by atoms with van der Waals surface area (Å²) >= 11 is 0. The molecule has 6 heteroatoms. The molecule has 0 bridgehead atoms. The van der Waals surface area contributed by atoms with Crippen molar-refractivity contribution in [3.63, 3.8) is 0 Å². The van der Waals surface area contributed by atoms with Crippen molar-refractivity contribution in [1.82, 2.24) is 15.2 Å². The van der Waals surface area contributed by atoms with Crippen LogP contribution in [0.3, 0.4) is 0 Å². The third kappa shape index (κ3) is 3.25. The Labute approximate surface area is 158 Å². The molecule has 2 aromatic rings. The predicted molar refractivity (Wildman–Crippen MR) is 99.5 cm³/mol. The summed E-state index contributed by atoms with van der Waals surface area (Å²) in [6.07, 6.45) is 4.27. The van der Waals surface area contributed by atoms with E-state index in [1.165, 1.54) is 5.56 Å². The van der Waals surface area contributed by atoms with E-state index in [1.807, 2.05) is 12.1 Å². The maximum Gasteiger partial charge on any atom is 0.257 e. The maximum absolute atomic E-state index is 11.6. The van der Waals surface area contributed by atoms with E-state index >= 15 is 0 Å². The number of pyridine rings is 1. The van der Waals surface area contributed by atoms with Crippen LogP contribution in [0.1, 0.15) is 36.5 Å². The third-order valence-corrected chi connectivity index (χ3v) is 5.81. The highest BCUT2D eigenvalue weighted by Crippen LogP contribution is 2.34. The van der Waals surface area contributed by atoms with Gasteiger partial charge in [-0.05, 0) is 36.1 Å². The number of likely N-dealkylation sites (tertiary alicyclic amines) is 1. The Morgan fingerprint density at radius 1 is 1.22 bits per heavy atom. The first kappa shape index (κ1) is 16.6. The van der Waals surface area contributed by atoms with Crippen LogP contribution in [0, 0.1) is 0 Å². The zero-order chi connectivity index (χ0) is 18.3. The van der Waals surface area contributed by atoms with E-state index < -0.39 is 0 Å². The summed E-state index contributed by atoms with van der Waals surface area (Å²) in [5, 5.41) is 3.19. The molecule has 1 N–H and O–H groups in total. The molecule has 6 nitrogen and oxygen atoms in total. The second-order valence-electron chi connectivity index (χ2n) is 7.75. The number of nitrogens with zero attached hydrogens (tertiary/aromatic N) is 2. The number of amides is 1. The number of hydrogen-bond acceptors (Lipinski definition) is 5. The van der Waals surface area contributed by atoms with Crippen molar-refractivity contribution >= 4 is 5.91 Å². The number of carbonyl (C=O) groups excluding carboxylic acids is 1. The van der Waals surface area contributed by atoms with Crippen LogP contribution in [0.4, 0.5) is 0 Å². The van der Waals surface area contributed by atoms with Crippen molar-refractivity contribution in [2.45, 2.75) is 37.5 Å². The van der Waals surface area contributed by atoms with Gasteiger partial charge in [0, 0.05) is 32.3 Å². The minimum atomic E-state index is -0.134. The van der Waals surface area contributed by atoms with Crippen molar-refractivity contribution in [3.05, 3.63) is 53.7 Å². The lowest BCUT2D eigenvalue weighted by Gasteiger charge is -2.26.